The molecular formula is C30H27N3O7. The van der Waals surface area contributed by atoms with Gasteiger partial charge in [0, 0.05) is 24.7 Å². The van der Waals surface area contributed by atoms with Crippen molar-refractivity contribution in [2.75, 3.05) is 27.5 Å². The quantitative estimate of drug-likeness (QED) is 0.343. The second-order valence-corrected chi connectivity index (χ2v) is 9.25. The minimum absolute atomic E-state index is 0.00630. The fourth-order valence-corrected chi connectivity index (χ4v) is 4.58. The van der Waals surface area contributed by atoms with Gasteiger partial charge >= 0.3 is 6.03 Å². The summed E-state index contributed by atoms with van der Waals surface area (Å²) < 4.78 is 16.8. The number of barbiturate groups is 1. The van der Waals surface area contributed by atoms with Gasteiger partial charge in [0.15, 0.2) is 11.5 Å². The third-order valence-corrected chi connectivity index (χ3v) is 6.69. The van der Waals surface area contributed by atoms with Crippen molar-refractivity contribution in [3.63, 3.8) is 0 Å². The first kappa shape index (κ1) is 26.5. The van der Waals surface area contributed by atoms with E-state index in [4.69, 9.17) is 14.2 Å². The number of urea groups is 1. The molecule has 3 aromatic rings. The molecule has 1 N–H and O–H groups in total. The maximum Gasteiger partial charge on any atom is 0.331 e. The topological polar surface area (TPSA) is 114 Å². The lowest BCUT2D eigenvalue weighted by Crippen LogP contribution is -2.53. The second kappa shape index (κ2) is 11.3. The predicted octanol–water partition coefficient (Wildman–Crippen LogP) is 3.40. The van der Waals surface area contributed by atoms with Gasteiger partial charge < -0.3 is 19.1 Å². The van der Waals surface area contributed by atoms with E-state index in [9.17, 15) is 19.2 Å². The molecule has 0 saturated carbocycles. The molecule has 3 aromatic carbocycles. The maximum absolute atomic E-state index is 13.4. The Kier molecular flexibility index (Phi) is 7.50. The van der Waals surface area contributed by atoms with Crippen molar-refractivity contribution in [1.82, 2.24) is 15.1 Å². The van der Waals surface area contributed by atoms with E-state index in [2.05, 4.69) is 5.32 Å². The van der Waals surface area contributed by atoms with E-state index in [0.717, 1.165) is 10.5 Å². The molecule has 2 heterocycles. The Morgan fingerprint density at radius 1 is 1.05 bits per heavy atom. The van der Waals surface area contributed by atoms with Crippen molar-refractivity contribution >= 4 is 29.8 Å². The van der Waals surface area contributed by atoms with Crippen molar-refractivity contribution in [1.29, 1.82) is 0 Å². The summed E-state index contributed by atoms with van der Waals surface area (Å²) in [7, 11) is 3.14. The molecule has 40 heavy (non-hydrogen) atoms. The summed E-state index contributed by atoms with van der Waals surface area (Å²) in [6, 6.07) is 18.9. The number of amides is 5. The Bertz CT molecular complexity index is 1500. The third kappa shape index (κ3) is 5.24. The van der Waals surface area contributed by atoms with Crippen LogP contribution in [0.15, 0.2) is 72.3 Å². The number of ether oxygens (including phenoxy) is 3. The van der Waals surface area contributed by atoms with Gasteiger partial charge in [0.2, 0.25) is 12.5 Å². The number of nitrogens with zero attached hydrogens (tertiary/aromatic N) is 2. The van der Waals surface area contributed by atoms with Crippen molar-refractivity contribution in [3.05, 3.63) is 94.6 Å². The first-order chi connectivity index (χ1) is 19.4. The lowest BCUT2D eigenvalue weighted by atomic mass is 9.97. The maximum atomic E-state index is 13.4. The third-order valence-electron chi connectivity index (χ3n) is 6.69. The fraction of sp³-hybridized carbons (Fsp3) is 0.200. The van der Waals surface area contributed by atoms with Crippen LogP contribution >= 0.6 is 0 Å². The van der Waals surface area contributed by atoms with Crippen LogP contribution in [0.3, 0.4) is 0 Å². The average Bonchev–Trinajstić information content (AvgIpc) is 3.44. The highest BCUT2D eigenvalue weighted by Crippen LogP contribution is 2.46. The molecule has 0 spiro atoms. The molecule has 204 valence electrons. The standard InChI is InChI=1S/C30H27N3O7/c1-32(28(35)20-11-7-4-8-12-20)14-13-21-15-24-26(40-18-39-24)25(38-2)22(21)16-23-27(34)31-30(37)33(29(23)36)17-19-9-5-3-6-10-19/h3-12,15-16H,13-14,17-18H2,1-2H3,(H,31,34,37). The lowest BCUT2D eigenvalue weighted by molar-refractivity contribution is -0.130. The highest BCUT2D eigenvalue weighted by Gasteiger charge is 2.36. The molecule has 1 fully saturated rings. The molecule has 5 rings (SSSR count). The first-order valence-corrected chi connectivity index (χ1v) is 12.6. The number of likely N-dealkylation sites (N-methyl/N-ethyl adjacent to an activating group) is 1. The number of fused-ring (bicyclic) bond motifs is 1. The van der Waals surface area contributed by atoms with E-state index in [-0.39, 0.29) is 30.6 Å². The first-order valence-electron chi connectivity index (χ1n) is 12.6. The molecule has 0 unspecified atom stereocenters. The summed E-state index contributed by atoms with van der Waals surface area (Å²) >= 11 is 0. The van der Waals surface area contributed by atoms with Gasteiger partial charge in [-0.1, -0.05) is 48.5 Å². The van der Waals surface area contributed by atoms with Crippen LogP contribution in [0.25, 0.3) is 6.08 Å². The molecule has 2 aliphatic rings. The van der Waals surface area contributed by atoms with Gasteiger partial charge in [-0.3, -0.25) is 24.6 Å². The van der Waals surface area contributed by atoms with Crippen LogP contribution in [-0.2, 0) is 22.6 Å². The Morgan fingerprint density at radius 3 is 2.45 bits per heavy atom. The molecule has 0 atom stereocenters. The van der Waals surface area contributed by atoms with Gasteiger partial charge in [0.25, 0.3) is 17.7 Å². The number of imide groups is 2. The van der Waals surface area contributed by atoms with E-state index < -0.39 is 17.8 Å². The average molecular weight is 542 g/mol. The Balaban J connectivity index is 1.49. The molecule has 0 aromatic heterocycles. The van der Waals surface area contributed by atoms with E-state index in [0.29, 0.717) is 41.2 Å². The normalized spacial score (nSPS) is 15.3. The lowest BCUT2D eigenvalue weighted by Gasteiger charge is -2.27. The highest BCUT2D eigenvalue weighted by molar-refractivity contribution is 6.31. The molecule has 2 aliphatic heterocycles. The summed E-state index contributed by atoms with van der Waals surface area (Å²) in [5.41, 5.74) is 2.13. The van der Waals surface area contributed by atoms with Crippen LogP contribution in [0.5, 0.6) is 17.2 Å². The van der Waals surface area contributed by atoms with E-state index in [1.54, 1.807) is 66.5 Å². The van der Waals surface area contributed by atoms with Gasteiger partial charge in [-0.05, 0) is 41.8 Å². The number of benzene rings is 3. The van der Waals surface area contributed by atoms with Crippen LogP contribution < -0.4 is 19.5 Å². The van der Waals surface area contributed by atoms with E-state index in [1.807, 2.05) is 12.1 Å². The van der Waals surface area contributed by atoms with Crippen LogP contribution in [0, 0.1) is 0 Å². The van der Waals surface area contributed by atoms with Crippen LogP contribution in [0.1, 0.15) is 27.0 Å². The van der Waals surface area contributed by atoms with Gasteiger partial charge in [-0.2, -0.15) is 0 Å². The molecule has 0 bridgehead atoms. The summed E-state index contributed by atoms with van der Waals surface area (Å²) in [6.07, 6.45) is 1.75. The molecule has 1 saturated heterocycles. The summed E-state index contributed by atoms with van der Waals surface area (Å²) in [4.78, 5) is 54.3. The fourth-order valence-electron chi connectivity index (χ4n) is 4.58. The van der Waals surface area contributed by atoms with Crippen molar-refractivity contribution < 1.29 is 33.4 Å². The largest absolute Gasteiger partial charge is 0.492 e. The number of rotatable bonds is 8. The number of carbonyl (C=O) groups excluding carboxylic acids is 4. The second-order valence-electron chi connectivity index (χ2n) is 9.25. The van der Waals surface area contributed by atoms with Crippen LogP contribution in [0.2, 0.25) is 0 Å². The number of hydrogen-bond donors (Lipinski definition) is 1. The SMILES string of the molecule is COc1c(C=C2C(=O)NC(=O)N(Cc3ccccc3)C2=O)c(CCN(C)C(=O)c2ccccc2)cc2c1OCO2. The van der Waals surface area contributed by atoms with Crippen molar-refractivity contribution in [3.8, 4) is 17.2 Å². The molecule has 10 nitrogen and oxygen atoms in total. The zero-order valence-electron chi connectivity index (χ0n) is 22.0. The molecular weight excluding hydrogens is 514 g/mol. The van der Waals surface area contributed by atoms with Gasteiger partial charge in [0.1, 0.15) is 5.57 Å². The van der Waals surface area contributed by atoms with Gasteiger partial charge in [0.05, 0.1) is 13.7 Å². The predicted molar refractivity (Wildman–Crippen MR) is 145 cm³/mol. The number of carbonyl (C=O) groups is 4. The zero-order valence-corrected chi connectivity index (χ0v) is 22.0. The minimum Gasteiger partial charge on any atom is -0.492 e. The molecule has 0 radical (unpaired) electrons. The zero-order chi connectivity index (χ0) is 28.2. The number of hydrogen-bond acceptors (Lipinski definition) is 7. The van der Waals surface area contributed by atoms with Gasteiger partial charge in [-0.15, -0.1) is 0 Å². The Morgan fingerprint density at radius 2 is 1.75 bits per heavy atom. The molecule has 0 aliphatic carbocycles. The Hall–Kier alpha value is -5.12. The summed E-state index contributed by atoms with van der Waals surface area (Å²) in [5, 5.41) is 2.25. The van der Waals surface area contributed by atoms with E-state index >= 15 is 0 Å². The number of methoxy groups -OCH3 is 1. The smallest absolute Gasteiger partial charge is 0.331 e. The highest BCUT2D eigenvalue weighted by atomic mass is 16.7. The summed E-state index contributed by atoms with van der Waals surface area (Å²) in [6.45, 7) is 0.301. The van der Waals surface area contributed by atoms with Crippen LogP contribution in [-0.4, -0.2) is 61.0 Å². The number of nitrogens with one attached hydrogen (secondary N) is 1. The monoisotopic (exact) mass is 541 g/mol. The molecule has 10 heteroatoms. The van der Waals surface area contributed by atoms with E-state index in [1.165, 1.54) is 13.2 Å². The van der Waals surface area contributed by atoms with Gasteiger partial charge in [-0.25, -0.2) is 4.79 Å². The van der Waals surface area contributed by atoms with Crippen LogP contribution in [0.4, 0.5) is 4.79 Å². The van der Waals surface area contributed by atoms with Crippen molar-refractivity contribution in [2.45, 2.75) is 13.0 Å². The molecule has 5 amide bonds. The summed E-state index contributed by atoms with van der Waals surface area (Å²) in [5.74, 6) is -0.633. The van der Waals surface area contributed by atoms with Crippen molar-refractivity contribution in [2.24, 2.45) is 0 Å². The Labute approximate surface area is 230 Å². The minimum atomic E-state index is -0.818.